The Morgan fingerprint density at radius 2 is 1.85 bits per heavy atom. The van der Waals surface area contributed by atoms with Crippen LogP contribution in [0.25, 0.3) is 11.0 Å². The van der Waals surface area contributed by atoms with Crippen LogP contribution in [0.15, 0.2) is 46.1 Å². The maximum atomic E-state index is 12.8. The molecule has 3 rings (SSSR count). The second-order valence-corrected chi connectivity index (χ2v) is 6.01. The second-order valence-electron chi connectivity index (χ2n) is 6.01. The van der Waals surface area contributed by atoms with Gasteiger partial charge in [0.2, 0.25) is 0 Å². The van der Waals surface area contributed by atoms with Crippen molar-refractivity contribution in [3.05, 3.63) is 68.5 Å². The molecule has 0 aliphatic carbocycles. The van der Waals surface area contributed by atoms with Crippen LogP contribution in [0.5, 0.6) is 0 Å². The van der Waals surface area contributed by atoms with Crippen molar-refractivity contribution < 1.29 is 9.53 Å². The van der Waals surface area contributed by atoms with Crippen LogP contribution in [0.1, 0.15) is 22.8 Å². The van der Waals surface area contributed by atoms with Gasteiger partial charge in [0.25, 0.3) is 5.56 Å². The zero-order chi connectivity index (χ0) is 19.6. The number of aromatic nitrogens is 3. The molecule has 1 N–H and O–H groups in total. The summed E-state index contributed by atoms with van der Waals surface area (Å²) in [6, 6.07) is 9.55. The van der Waals surface area contributed by atoms with Crippen LogP contribution in [0.3, 0.4) is 0 Å². The van der Waals surface area contributed by atoms with Crippen LogP contribution in [0.4, 0.5) is 5.69 Å². The molecule has 0 unspecified atom stereocenters. The lowest BCUT2D eigenvalue weighted by atomic mass is 10.1. The van der Waals surface area contributed by atoms with Crippen LogP contribution in [0, 0.1) is 0 Å². The van der Waals surface area contributed by atoms with Crippen molar-refractivity contribution in [1.82, 2.24) is 14.1 Å². The summed E-state index contributed by atoms with van der Waals surface area (Å²) in [6.45, 7) is 2.28. The van der Waals surface area contributed by atoms with E-state index in [-0.39, 0.29) is 23.2 Å². The van der Waals surface area contributed by atoms with Crippen LogP contribution in [0.2, 0.25) is 0 Å². The molecule has 0 amide bonds. The fourth-order valence-electron chi connectivity index (χ4n) is 2.86. The maximum Gasteiger partial charge on any atom is 0.341 e. The van der Waals surface area contributed by atoms with Crippen molar-refractivity contribution in [3.8, 4) is 0 Å². The number of rotatable bonds is 5. The second kappa shape index (κ2) is 7.45. The van der Waals surface area contributed by atoms with E-state index >= 15 is 0 Å². The van der Waals surface area contributed by atoms with Crippen LogP contribution < -0.4 is 16.6 Å². The number of ether oxygens (including phenoxy) is 1. The largest absolute Gasteiger partial charge is 0.462 e. The highest BCUT2D eigenvalue weighted by molar-refractivity contribution is 6.03. The van der Waals surface area contributed by atoms with Crippen molar-refractivity contribution in [3.63, 3.8) is 0 Å². The van der Waals surface area contributed by atoms with Crippen molar-refractivity contribution in [1.29, 1.82) is 0 Å². The summed E-state index contributed by atoms with van der Waals surface area (Å²) in [5.41, 5.74) is 0.611. The number of nitrogens with zero attached hydrogens (tertiary/aromatic N) is 3. The van der Waals surface area contributed by atoms with Crippen molar-refractivity contribution in [2.24, 2.45) is 14.1 Å². The molecule has 0 spiro atoms. The Morgan fingerprint density at radius 3 is 2.52 bits per heavy atom. The average molecular weight is 368 g/mol. The number of pyridine rings is 1. The SMILES string of the molecule is CCOC(=O)c1cnc2c(c1NCc1ccccc1)c(=O)n(C)c(=O)n2C. The number of carbonyl (C=O) groups excluding carboxylic acids is 1. The molecule has 0 radical (unpaired) electrons. The molecule has 140 valence electrons. The van der Waals surface area contributed by atoms with Crippen LogP contribution in [-0.4, -0.2) is 26.7 Å². The van der Waals surface area contributed by atoms with E-state index in [2.05, 4.69) is 10.3 Å². The highest BCUT2D eigenvalue weighted by Crippen LogP contribution is 2.24. The molecule has 2 heterocycles. The third-order valence-corrected chi connectivity index (χ3v) is 4.28. The summed E-state index contributed by atoms with van der Waals surface area (Å²) in [7, 11) is 2.92. The number of benzene rings is 1. The first kappa shape index (κ1) is 18.4. The highest BCUT2D eigenvalue weighted by atomic mass is 16.5. The number of carbonyl (C=O) groups is 1. The number of hydrogen-bond acceptors (Lipinski definition) is 6. The highest BCUT2D eigenvalue weighted by Gasteiger charge is 2.21. The topological polar surface area (TPSA) is 95.2 Å². The summed E-state index contributed by atoms with van der Waals surface area (Å²) in [5.74, 6) is -0.585. The molecule has 0 aliphatic heterocycles. The van der Waals surface area contributed by atoms with Gasteiger partial charge in [-0.15, -0.1) is 0 Å². The molecule has 0 bridgehead atoms. The lowest BCUT2D eigenvalue weighted by Crippen LogP contribution is -2.38. The Morgan fingerprint density at radius 1 is 1.15 bits per heavy atom. The van der Waals surface area contributed by atoms with Gasteiger partial charge in [-0.3, -0.25) is 13.9 Å². The van der Waals surface area contributed by atoms with Crippen molar-refractivity contribution in [2.75, 3.05) is 11.9 Å². The van der Waals surface area contributed by atoms with E-state index in [4.69, 9.17) is 4.74 Å². The third-order valence-electron chi connectivity index (χ3n) is 4.28. The van der Waals surface area contributed by atoms with E-state index in [1.165, 1.54) is 24.9 Å². The first-order valence-electron chi connectivity index (χ1n) is 8.49. The maximum absolute atomic E-state index is 12.8. The molecule has 8 nitrogen and oxygen atoms in total. The van der Waals surface area contributed by atoms with E-state index in [0.717, 1.165) is 10.1 Å². The first-order valence-corrected chi connectivity index (χ1v) is 8.49. The molecule has 0 aliphatic rings. The number of fused-ring (bicyclic) bond motifs is 1. The van der Waals surface area contributed by atoms with Crippen LogP contribution in [-0.2, 0) is 25.4 Å². The summed E-state index contributed by atoms with van der Waals surface area (Å²) < 4.78 is 7.37. The van der Waals surface area contributed by atoms with E-state index < -0.39 is 17.2 Å². The molecule has 1 aromatic carbocycles. The first-order chi connectivity index (χ1) is 13.0. The van der Waals surface area contributed by atoms with Gasteiger partial charge < -0.3 is 10.1 Å². The number of anilines is 1. The van der Waals surface area contributed by atoms with Gasteiger partial charge in [-0.2, -0.15) is 0 Å². The molecule has 0 atom stereocenters. The number of nitrogens with one attached hydrogen (secondary N) is 1. The lowest BCUT2D eigenvalue weighted by molar-refractivity contribution is 0.0527. The van der Waals surface area contributed by atoms with Crippen LogP contribution >= 0.6 is 0 Å². The Labute approximate surface area is 155 Å². The fourth-order valence-corrected chi connectivity index (χ4v) is 2.86. The lowest BCUT2D eigenvalue weighted by Gasteiger charge is -2.15. The predicted octanol–water partition coefficient (Wildman–Crippen LogP) is 1.42. The Hall–Kier alpha value is -3.42. The van der Waals surface area contributed by atoms with E-state index in [1.807, 2.05) is 30.3 Å². The molecule has 0 saturated carbocycles. The smallest absolute Gasteiger partial charge is 0.341 e. The molecule has 2 aromatic heterocycles. The van der Waals surface area contributed by atoms with Gasteiger partial charge in [0.15, 0.2) is 5.65 Å². The molecule has 27 heavy (non-hydrogen) atoms. The number of esters is 1. The van der Waals surface area contributed by atoms with Crippen molar-refractivity contribution in [2.45, 2.75) is 13.5 Å². The van der Waals surface area contributed by atoms with Gasteiger partial charge in [-0.25, -0.2) is 14.6 Å². The zero-order valence-corrected chi connectivity index (χ0v) is 15.4. The van der Waals surface area contributed by atoms with Crippen molar-refractivity contribution >= 4 is 22.7 Å². The average Bonchev–Trinajstić information content (AvgIpc) is 2.69. The minimum atomic E-state index is -0.585. The molecule has 3 aromatic rings. The third kappa shape index (κ3) is 3.33. The van der Waals surface area contributed by atoms with E-state index in [1.54, 1.807) is 6.92 Å². The van der Waals surface area contributed by atoms with Gasteiger partial charge in [0.1, 0.15) is 10.9 Å². The van der Waals surface area contributed by atoms with E-state index in [0.29, 0.717) is 12.2 Å². The summed E-state index contributed by atoms with van der Waals surface area (Å²) in [4.78, 5) is 41.5. The number of aryl methyl sites for hydroxylation is 1. The quantitative estimate of drug-likeness (QED) is 0.685. The minimum absolute atomic E-state index is 0.149. The summed E-state index contributed by atoms with van der Waals surface area (Å²) >= 11 is 0. The standard InChI is InChI=1S/C19H20N4O4/c1-4-27-18(25)13-11-21-16-14(17(24)23(3)19(26)22(16)2)15(13)20-10-12-8-6-5-7-9-12/h5-9,11H,4,10H2,1-3H3,(H,20,21). The fraction of sp³-hybridized carbons (Fsp3) is 0.263. The Balaban J connectivity index is 2.24. The summed E-state index contributed by atoms with van der Waals surface area (Å²) in [5, 5.41) is 3.32. The summed E-state index contributed by atoms with van der Waals surface area (Å²) in [6.07, 6.45) is 1.33. The molecular weight excluding hydrogens is 348 g/mol. The van der Waals surface area contributed by atoms with E-state index in [9.17, 15) is 14.4 Å². The van der Waals surface area contributed by atoms with Gasteiger partial charge >= 0.3 is 11.7 Å². The Kier molecular flexibility index (Phi) is 5.07. The molecule has 0 saturated heterocycles. The minimum Gasteiger partial charge on any atom is -0.462 e. The molecule has 8 heteroatoms. The predicted molar refractivity (Wildman–Crippen MR) is 102 cm³/mol. The monoisotopic (exact) mass is 368 g/mol. The zero-order valence-electron chi connectivity index (χ0n) is 15.4. The molecular formula is C19H20N4O4. The van der Waals surface area contributed by atoms with Gasteiger partial charge in [-0.1, -0.05) is 30.3 Å². The Bertz CT molecular complexity index is 1120. The van der Waals surface area contributed by atoms with Gasteiger partial charge in [0, 0.05) is 26.8 Å². The normalized spacial score (nSPS) is 10.8. The molecule has 0 fully saturated rings. The van der Waals surface area contributed by atoms with Gasteiger partial charge in [0.05, 0.1) is 12.3 Å². The van der Waals surface area contributed by atoms with Gasteiger partial charge in [-0.05, 0) is 12.5 Å². The number of hydrogen-bond donors (Lipinski definition) is 1.